The Kier molecular flexibility index (Phi) is 4.83. The summed E-state index contributed by atoms with van der Waals surface area (Å²) in [4.78, 5) is 22.5. The third-order valence-corrected chi connectivity index (χ3v) is 6.62. The van der Waals surface area contributed by atoms with Gasteiger partial charge in [-0.3, -0.25) is 9.78 Å². The number of carbonyl (C=O) groups is 1. The SMILES string of the molecule is O=C(c1cc2ncccc2o1)c1c(O)[nH]c2cc(Cl)c(-c3ccc(N4CCC(O)C4)cc3)cc12. The molecule has 5 aromatic rings. The molecule has 4 heterocycles. The lowest BCUT2D eigenvalue weighted by Crippen LogP contribution is -2.20. The van der Waals surface area contributed by atoms with E-state index in [1.54, 1.807) is 36.5 Å². The van der Waals surface area contributed by atoms with Crippen LogP contribution in [0.1, 0.15) is 22.5 Å². The summed E-state index contributed by atoms with van der Waals surface area (Å²) in [5, 5.41) is 21.4. The number of fused-ring (bicyclic) bond motifs is 2. The van der Waals surface area contributed by atoms with Crippen molar-refractivity contribution in [2.45, 2.75) is 12.5 Å². The molecule has 1 aliphatic rings. The van der Waals surface area contributed by atoms with Gasteiger partial charge < -0.3 is 24.5 Å². The fourth-order valence-electron chi connectivity index (χ4n) is 4.59. The van der Waals surface area contributed by atoms with Crippen molar-refractivity contribution < 1.29 is 19.4 Å². The first-order valence-electron chi connectivity index (χ1n) is 10.9. The Labute approximate surface area is 199 Å². The number of rotatable bonds is 4. The number of aliphatic hydroxyl groups excluding tert-OH is 1. The number of carbonyl (C=O) groups excluding carboxylic acids is 1. The highest BCUT2D eigenvalue weighted by atomic mass is 35.5. The van der Waals surface area contributed by atoms with Gasteiger partial charge in [0.1, 0.15) is 5.52 Å². The number of aliphatic hydroxyl groups is 1. The number of pyridine rings is 1. The largest absolute Gasteiger partial charge is 0.494 e. The van der Waals surface area contributed by atoms with E-state index in [-0.39, 0.29) is 23.3 Å². The van der Waals surface area contributed by atoms with E-state index in [1.165, 1.54) is 0 Å². The van der Waals surface area contributed by atoms with E-state index in [1.807, 2.05) is 24.3 Å². The fraction of sp³-hybridized carbons (Fsp3) is 0.154. The van der Waals surface area contributed by atoms with Crippen molar-refractivity contribution in [3.63, 3.8) is 0 Å². The summed E-state index contributed by atoms with van der Waals surface area (Å²) in [5.74, 6) is -0.596. The highest BCUT2D eigenvalue weighted by molar-refractivity contribution is 6.34. The van der Waals surface area contributed by atoms with Crippen LogP contribution in [-0.2, 0) is 0 Å². The number of halogens is 1. The Bertz CT molecular complexity index is 1520. The minimum atomic E-state index is -0.446. The van der Waals surface area contributed by atoms with Crippen LogP contribution in [0.3, 0.4) is 0 Å². The number of β-amino-alcohol motifs (C(OH)–C–C–N with tert-alkyl or cyclic N) is 1. The van der Waals surface area contributed by atoms with Gasteiger partial charge in [-0.15, -0.1) is 0 Å². The zero-order chi connectivity index (χ0) is 23.4. The summed E-state index contributed by atoms with van der Waals surface area (Å²) < 4.78 is 5.68. The highest BCUT2D eigenvalue weighted by Crippen LogP contribution is 2.38. The second-order valence-electron chi connectivity index (χ2n) is 8.49. The molecule has 0 spiro atoms. The summed E-state index contributed by atoms with van der Waals surface area (Å²) in [6, 6.07) is 16.5. The molecule has 1 atom stereocenters. The van der Waals surface area contributed by atoms with Crippen molar-refractivity contribution >= 4 is 45.1 Å². The van der Waals surface area contributed by atoms with E-state index in [9.17, 15) is 15.0 Å². The topological polar surface area (TPSA) is 103 Å². The second kappa shape index (κ2) is 7.90. The molecule has 2 aromatic carbocycles. The number of aromatic hydroxyl groups is 1. The molecule has 1 fully saturated rings. The van der Waals surface area contributed by atoms with E-state index < -0.39 is 5.78 Å². The molecule has 0 bridgehead atoms. The minimum Gasteiger partial charge on any atom is -0.494 e. The number of hydrogen-bond donors (Lipinski definition) is 3. The lowest BCUT2D eigenvalue weighted by molar-refractivity contribution is 0.101. The van der Waals surface area contributed by atoms with Crippen LogP contribution in [0.15, 0.2) is 65.2 Å². The molecule has 0 saturated carbocycles. The number of nitrogens with zero attached hydrogens (tertiary/aromatic N) is 2. The first kappa shape index (κ1) is 20.8. The van der Waals surface area contributed by atoms with E-state index in [4.69, 9.17) is 16.0 Å². The summed E-state index contributed by atoms with van der Waals surface area (Å²) in [5.41, 5.74) is 4.38. The standard InChI is InChI=1S/C26H20ClN3O4/c27-19-11-20-18(10-17(19)14-3-5-15(6-4-14)30-9-7-16(31)13-30)24(26(33)29-20)25(32)23-12-21-22(34-23)2-1-8-28-21/h1-6,8,10-12,16,29,31,33H,7,9,13H2. The molecule has 6 rings (SSSR count). The third kappa shape index (κ3) is 3.41. The number of anilines is 1. The summed E-state index contributed by atoms with van der Waals surface area (Å²) in [6.45, 7) is 1.44. The van der Waals surface area contributed by atoms with Crippen molar-refractivity contribution in [3.8, 4) is 17.0 Å². The number of ketones is 1. The normalized spacial score (nSPS) is 16.1. The Hall–Kier alpha value is -3.81. The number of aromatic amines is 1. The predicted molar refractivity (Wildman–Crippen MR) is 131 cm³/mol. The molecule has 8 heteroatoms. The van der Waals surface area contributed by atoms with Crippen LogP contribution in [0.2, 0.25) is 5.02 Å². The van der Waals surface area contributed by atoms with Gasteiger partial charge in [-0.25, -0.2) is 0 Å². The molecule has 34 heavy (non-hydrogen) atoms. The van der Waals surface area contributed by atoms with E-state index >= 15 is 0 Å². The van der Waals surface area contributed by atoms with Crippen molar-refractivity contribution in [3.05, 3.63) is 77.1 Å². The quantitative estimate of drug-likeness (QED) is 0.312. The molecule has 1 aliphatic heterocycles. The number of nitrogens with one attached hydrogen (secondary N) is 1. The smallest absolute Gasteiger partial charge is 0.234 e. The van der Waals surface area contributed by atoms with Gasteiger partial charge in [-0.2, -0.15) is 0 Å². The van der Waals surface area contributed by atoms with E-state index in [0.717, 1.165) is 29.8 Å². The van der Waals surface area contributed by atoms with Crippen molar-refractivity contribution in [2.24, 2.45) is 0 Å². The number of aromatic nitrogens is 2. The minimum absolute atomic E-state index is 0.0959. The first-order chi connectivity index (χ1) is 16.5. The molecule has 0 amide bonds. The van der Waals surface area contributed by atoms with Crippen LogP contribution in [0, 0.1) is 0 Å². The number of hydrogen-bond acceptors (Lipinski definition) is 6. The van der Waals surface area contributed by atoms with Crippen LogP contribution in [-0.4, -0.2) is 45.2 Å². The number of furan rings is 1. The molecule has 3 N–H and O–H groups in total. The van der Waals surface area contributed by atoms with Gasteiger partial charge in [0.05, 0.1) is 22.2 Å². The molecule has 0 aliphatic carbocycles. The molecule has 1 unspecified atom stereocenters. The fourth-order valence-corrected chi connectivity index (χ4v) is 4.86. The summed E-state index contributed by atoms with van der Waals surface area (Å²) >= 11 is 6.58. The van der Waals surface area contributed by atoms with Gasteiger partial charge in [-0.05, 0) is 48.4 Å². The molecule has 170 valence electrons. The van der Waals surface area contributed by atoms with Crippen LogP contribution in [0.25, 0.3) is 33.1 Å². The van der Waals surface area contributed by atoms with Crippen molar-refractivity contribution in [2.75, 3.05) is 18.0 Å². The first-order valence-corrected chi connectivity index (χ1v) is 11.3. The number of H-pyrrole nitrogens is 1. The molecular formula is C26H20ClN3O4. The maximum atomic E-state index is 13.3. The van der Waals surface area contributed by atoms with Gasteiger partial charge >= 0.3 is 0 Å². The summed E-state index contributed by atoms with van der Waals surface area (Å²) in [7, 11) is 0. The van der Waals surface area contributed by atoms with Gasteiger partial charge in [0.2, 0.25) is 11.7 Å². The maximum absolute atomic E-state index is 13.3. The monoisotopic (exact) mass is 473 g/mol. The van der Waals surface area contributed by atoms with Crippen LogP contribution < -0.4 is 4.90 Å². The Morgan fingerprint density at radius 1 is 1.18 bits per heavy atom. The van der Waals surface area contributed by atoms with Gasteiger partial charge in [0, 0.05) is 42.0 Å². The van der Waals surface area contributed by atoms with E-state index in [2.05, 4.69) is 14.9 Å². The molecule has 0 radical (unpaired) electrons. The van der Waals surface area contributed by atoms with Crippen molar-refractivity contribution in [1.82, 2.24) is 9.97 Å². The van der Waals surface area contributed by atoms with Gasteiger partial charge in [0.15, 0.2) is 11.3 Å². The van der Waals surface area contributed by atoms with Gasteiger partial charge in [0.25, 0.3) is 0 Å². The number of benzene rings is 2. The predicted octanol–water partition coefficient (Wildman–Crippen LogP) is 5.14. The van der Waals surface area contributed by atoms with Crippen LogP contribution >= 0.6 is 11.6 Å². The summed E-state index contributed by atoms with van der Waals surface area (Å²) in [6.07, 6.45) is 2.09. The molecule has 3 aromatic heterocycles. The highest BCUT2D eigenvalue weighted by Gasteiger charge is 2.25. The third-order valence-electron chi connectivity index (χ3n) is 6.31. The van der Waals surface area contributed by atoms with E-state index in [0.29, 0.717) is 33.6 Å². The van der Waals surface area contributed by atoms with Crippen molar-refractivity contribution in [1.29, 1.82) is 0 Å². The second-order valence-corrected chi connectivity index (χ2v) is 8.90. The molecule has 7 nitrogen and oxygen atoms in total. The molecular weight excluding hydrogens is 454 g/mol. The lowest BCUT2D eigenvalue weighted by atomic mass is 10.00. The average Bonchev–Trinajstić information content (AvgIpc) is 3.54. The maximum Gasteiger partial charge on any atom is 0.234 e. The van der Waals surface area contributed by atoms with Crippen LogP contribution in [0.4, 0.5) is 5.69 Å². The Morgan fingerprint density at radius 3 is 2.74 bits per heavy atom. The average molecular weight is 474 g/mol. The zero-order valence-electron chi connectivity index (χ0n) is 18.0. The zero-order valence-corrected chi connectivity index (χ0v) is 18.7. The molecule has 1 saturated heterocycles. The lowest BCUT2D eigenvalue weighted by Gasteiger charge is -2.18. The van der Waals surface area contributed by atoms with Gasteiger partial charge in [-0.1, -0.05) is 23.7 Å². The Morgan fingerprint density at radius 2 is 2.00 bits per heavy atom. The van der Waals surface area contributed by atoms with Crippen LogP contribution in [0.5, 0.6) is 5.88 Å². The Balaban J connectivity index is 1.40.